The number of fused-ring (bicyclic) bond motifs is 1. The molecular weight excluding hydrogens is 436 g/mol. The molecule has 176 valence electrons. The van der Waals surface area contributed by atoms with Crippen LogP contribution in [0.15, 0.2) is 4.79 Å². The smallest absolute Gasteiger partial charge is 0.410 e. The van der Waals surface area contributed by atoms with Crippen molar-refractivity contribution in [2.75, 3.05) is 46.5 Å². The lowest BCUT2D eigenvalue weighted by atomic mass is 10.2. The van der Waals surface area contributed by atoms with Crippen molar-refractivity contribution in [3.8, 4) is 0 Å². The number of nitrogens with zero attached hydrogens (tertiary/aromatic N) is 3. The zero-order valence-corrected chi connectivity index (χ0v) is 20.0. The van der Waals surface area contributed by atoms with E-state index in [1.807, 2.05) is 20.8 Å². The van der Waals surface area contributed by atoms with Gasteiger partial charge in [0.15, 0.2) is 0 Å². The van der Waals surface area contributed by atoms with E-state index in [0.717, 1.165) is 11.3 Å². The van der Waals surface area contributed by atoms with E-state index in [4.69, 9.17) is 14.2 Å². The number of hydrogen-bond donors (Lipinski definition) is 1. The van der Waals surface area contributed by atoms with Crippen molar-refractivity contribution >= 4 is 33.6 Å². The Morgan fingerprint density at radius 1 is 1.16 bits per heavy atom. The number of amides is 1. The van der Waals surface area contributed by atoms with Gasteiger partial charge in [-0.1, -0.05) is 0 Å². The number of aromatic amines is 1. The van der Waals surface area contributed by atoms with Gasteiger partial charge in [-0.3, -0.25) is 9.69 Å². The standard InChI is InChI=1S/C21H30N4O6S/c1-13-15-17(26)22-14(23-18(15)32-16(13)19(27)30-11-10-29-5)12-24-6-8-25(9-7-24)20(28)31-21(2,3)4/h6-12H2,1-5H3,(H,22,23,26). The molecular formula is C21H30N4O6S. The highest BCUT2D eigenvalue weighted by atomic mass is 32.1. The van der Waals surface area contributed by atoms with Crippen LogP contribution in [-0.2, 0) is 20.8 Å². The molecule has 1 saturated heterocycles. The lowest BCUT2D eigenvalue weighted by Crippen LogP contribution is -2.49. The number of aromatic nitrogens is 2. The van der Waals surface area contributed by atoms with E-state index in [0.29, 0.717) is 65.8 Å². The normalized spacial score (nSPS) is 15.2. The minimum Gasteiger partial charge on any atom is -0.459 e. The first-order valence-electron chi connectivity index (χ1n) is 10.5. The first-order valence-corrected chi connectivity index (χ1v) is 11.3. The lowest BCUT2D eigenvalue weighted by molar-refractivity contribution is 0.0137. The summed E-state index contributed by atoms with van der Waals surface area (Å²) in [6.45, 7) is 10.5. The maximum Gasteiger partial charge on any atom is 0.410 e. The summed E-state index contributed by atoms with van der Waals surface area (Å²) in [6, 6.07) is 0. The summed E-state index contributed by atoms with van der Waals surface area (Å²) in [5, 5.41) is 0.409. The lowest BCUT2D eigenvalue weighted by Gasteiger charge is -2.35. The van der Waals surface area contributed by atoms with Crippen molar-refractivity contribution in [2.24, 2.45) is 0 Å². The largest absolute Gasteiger partial charge is 0.459 e. The number of piperazine rings is 1. The summed E-state index contributed by atoms with van der Waals surface area (Å²) in [6.07, 6.45) is -0.316. The maximum absolute atomic E-state index is 12.7. The van der Waals surface area contributed by atoms with Crippen LogP contribution in [0, 0.1) is 6.92 Å². The molecule has 0 spiro atoms. The molecule has 11 heteroatoms. The monoisotopic (exact) mass is 466 g/mol. The number of methoxy groups -OCH3 is 1. The van der Waals surface area contributed by atoms with Crippen LogP contribution in [0.3, 0.4) is 0 Å². The molecule has 1 amide bonds. The topological polar surface area (TPSA) is 114 Å². The SMILES string of the molecule is COCCOC(=O)c1sc2nc(CN3CCN(C(=O)OC(C)(C)C)CC3)[nH]c(=O)c2c1C. The Morgan fingerprint density at radius 3 is 2.47 bits per heavy atom. The molecule has 0 bridgehead atoms. The first-order chi connectivity index (χ1) is 15.1. The third-order valence-corrected chi connectivity index (χ3v) is 6.12. The van der Waals surface area contributed by atoms with Gasteiger partial charge < -0.3 is 24.1 Å². The Bertz CT molecular complexity index is 1030. The molecule has 3 heterocycles. The Hall–Kier alpha value is -2.50. The fraction of sp³-hybridized carbons (Fsp3) is 0.619. The molecule has 0 aromatic carbocycles. The zero-order valence-electron chi connectivity index (χ0n) is 19.1. The molecule has 2 aromatic rings. The minimum atomic E-state index is -0.527. The number of H-pyrrole nitrogens is 1. The van der Waals surface area contributed by atoms with Crippen LogP contribution in [0.2, 0.25) is 0 Å². The van der Waals surface area contributed by atoms with Crippen molar-refractivity contribution < 1.29 is 23.8 Å². The van der Waals surface area contributed by atoms with Crippen LogP contribution in [-0.4, -0.2) is 83.9 Å². The molecule has 0 atom stereocenters. The third-order valence-electron chi connectivity index (χ3n) is 4.95. The molecule has 1 N–H and O–H groups in total. The van der Waals surface area contributed by atoms with Gasteiger partial charge >= 0.3 is 12.1 Å². The highest BCUT2D eigenvalue weighted by Crippen LogP contribution is 2.27. The molecule has 0 saturated carbocycles. The number of hydrogen-bond acceptors (Lipinski definition) is 9. The van der Waals surface area contributed by atoms with Crippen LogP contribution < -0.4 is 5.56 Å². The van der Waals surface area contributed by atoms with Gasteiger partial charge in [0, 0.05) is 33.3 Å². The zero-order chi connectivity index (χ0) is 23.5. The number of carbonyl (C=O) groups excluding carboxylic acids is 2. The molecule has 1 fully saturated rings. The van der Waals surface area contributed by atoms with E-state index < -0.39 is 11.6 Å². The number of aryl methyl sites for hydroxylation is 1. The Balaban J connectivity index is 1.67. The quantitative estimate of drug-likeness (QED) is 0.509. The fourth-order valence-corrected chi connectivity index (χ4v) is 4.46. The van der Waals surface area contributed by atoms with Crippen LogP contribution in [0.1, 0.15) is 41.8 Å². The number of esters is 1. The summed E-state index contributed by atoms with van der Waals surface area (Å²) in [4.78, 5) is 49.3. The second kappa shape index (κ2) is 9.97. The molecule has 0 unspecified atom stereocenters. The van der Waals surface area contributed by atoms with Crippen LogP contribution >= 0.6 is 11.3 Å². The van der Waals surface area contributed by atoms with Crippen molar-refractivity contribution in [3.05, 3.63) is 26.6 Å². The van der Waals surface area contributed by atoms with Gasteiger partial charge in [-0.05, 0) is 33.3 Å². The van der Waals surface area contributed by atoms with E-state index >= 15 is 0 Å². The van der Waals surface area contributed by atoms with Gasteiger partial charge in [0.2, 0.25) is 0 Å². The summed E-state index contributed by atoms with van der Waals surface area (Å²) in [5.41, 5.74) is -0.234. The number of thiophene rings is 1. The van der Waals surface area contributed by atoms with Crippen LogP contribution in [0.4, 0.5) is 4.79 Å². The molecule has 0 radical (unpaired) electrons. The van der Waals surface area contributed by atoms with Crippen molar-refractivity contribution in [3.63, 3.8) is 0 Å². The van der Waals surface area contributed by atoms with Crippen LogP contribution in [0.5, 0.6) is 0 Å². The van der Waals surface area contributed by atoms with E-state index in [1.165, 1.54) is 7.11 Å². The first kappa shape index (κ1) is 24.1. The van der Waals surface area contributed by atoms with Crippen molar-refractivity contribution in [1.82, 2.24) is 19.8 Å². The van der Waals surface area contributed by atoms with Gasteiger partial charge in [-0.25, -0.2) is 14.6 Å². The highest BCUT2D eigenvalue weighted by Gasteiger charge is 2.26. The van der Waals surface area contributed by atoms with Gasteiger partial charge in [0.1, 0.15) is 27.7 Å². The molecule has 1 aliphatic rings. The molecule has 2 aromatic heterocycles. The van der Waals surface area contributed by atoms with E-state index in [9.17, 15) is 14.4 Å². The molecule has 1 aliphatic heterocycles. The van der Waals surface area contributed by atoms with Gasteiger partial charge in [0.25, 0.3) is 5.56 Å². The Kier molecular flexibility index (Phi) is 7.52. The van der Waals surface area contributed by atoms with Crippen molar-refractivity contribution in [1.29, 1.82) is 0 Å². The second-order valence-corrected chi connectivity index (χ2v) is 9.62. The third kappa shape index (κ3) is 5.84. The summed E-state index contributed by atoms with van der Waals surface area (Å²) in [5.74, 6) is 0.0375. The second-order valence-electron chi connectivity index (χ2n) is 8.62. The van der Waals surface area contributed by atoms with E-state index in [-0.39, 0.29) is 18.3 Å². The maximum atomic E-state index is 12.7. The summed E-state index contributed by atoms with van der Waals surface area (Å²) < 4.78 is 15.5. The molecule has 3 rings (SSSR count). The number of carbonyl (C=O) groups is 2. The van der Waals surface area contributed by atoms with Gasteiger partial charge in [-0.15, -0.1) is 11.3 Å². The summed E-state index contributed by atoms with van der Waals surface area (Å²) >= 11 is 1.16. The predicted octanol–water partition coefficient (Wildman–Crippen LogP) is 2.15. The minimum absolute atomic E-state index is 0.146. The van der Waals surface area contributed by atoms with E-state index in [2.05, 4.69) is 14.9 Å². The van der Waals surface area contributed by atoms with Gasteiger partial charge in [0.05, 0.1) is 18.5 Å². The fourth-order valence-electron chi connectivity index (χ4n) is 3.37. The average molecular weight is 467 g/mol. The molecule has 32 heavy (non-hydrogen) atoms. The molecule has 10 nitrogen and oxygen atoms in total. The number of ether oxygens (including phenoxy) is 3. The Labute approximate surface area is 190 Å². The highest BCUT2D eigenvalue weighted by molar-refractivity contribution is 7.20. The van der Waals surface area contributed by atoms with Crippen molar-refractivity contribution in [2.45, 2.75) is 39.8 Å². The van der Waals surface area contributed by atoms with E-state index in [1.54, 1.807) is 11.8 Å². The summed E-state index contributed by atoms with van der Waals surface area (Å²) in [7, 11) is 1.53. The Morgan fingerprint density at radius 2 is 1.84 bits per heavy atom. The molecule has 0 aliphatic carbocycles. The van der Waals surface area contributed by atoms with Crippen LogP contribution in [0.25, 0.3) is 10.2 Å². The number of nitrogens with one attached hydrogen (secondary N) is 1. The number of rotatable bonds is 6. The van der Waals surface area contributed by atoms with Gasteiger partial charge in [-0.2, -0.15) is 0 Å². The average Bonchev–Trinajstić information content (AvgIpc) is 3.04. The predicted molar refractivity (Wildman–Crippen MR) is 120 cm³/mol.